The minimum atomic E-state index is 0.676. The Bertz CT molecular complexity index is 403. The van der Waals surface area contributed by atoms with Gasteiger partial charge in [0, 0.05) is 23.8 Å². The van der Waals surface area contributed by atoms with Crippen molar-refractivity contribution in [3.63, 3.8) is 0 Å². The first-order valence-corrected chi connectivity index (χ1v) is 4.74. The lowest BCUT2D eigenvalue weighted by Gasteiger charge is -1.97. The van der Waals surface area contributed by atoms with Gasteiger partial charge in [0.25, 0.3) is 0 Å². The molecule has 0 unspecified atom stereocenters. The highest BCUT2D eigenvalue weighted by molar-refractivity contribution is 5.83. The first-order valence-electron chi connectivity index (χ1n) is 4.74. The maximum Gasteiger partial charge on any atom is 0.111 e. The topological polar surface area (TPSA) is 22.4 Å². The van der Waals surface area contributed by atoms with Crippen molar-refractivity contribution in [3.05, 3.63) is 43.4 Å². The van der Waals surface area contributed by atoms with Crippen molar-refractivity contribution in [1.82, 2.24) is 0 Å². The second kappa shape index (κ2) is 4.29. The molecule has 0 bridgehead atoms. The third-order valence-corrected chi connectivity index (χ3v) is 2.28. The van der Waals surface area contributed by atoms with E-state index in [0.717, 1.165) is 24.0 Å². The molecule has 2 heteroatoms. The van der Waals surface area contributed by atoms with Crippen LogP contribution in [0.25, 0.3) is 10.8 Å². The summed E-state index contributed by atoms with van der Waals surface area (Å²) in [6.45, 7) is 0.676. The summed E-state index contributed by atoms with van der Waals surface area (Å²) in [7, 11) is 3.34. The van der Waals surface area contributed by atoms with Gasteiger partial charge >= 0.3 is 0 Å². The lowest BCUT2D eigenvalue weighted by molar-refractivity contribution is 0.235. The first kappa shape index (κ1) is 9.28. The number of rotatable bonds is 4. The van der Waals surface area contributed by atoms with E-state index in [1.165, 1.54) is 5.39 Å². The number of benzene rings is 1. The maximum atomic E-state index is 5.49. The summed E-state index contributed by atoms with van der Waals surface area (Å²) < 4.78 is 10.2. The Hall–Kier alpha value is -1.28. The van der Waals surface area contributed by atoms with Crippen LogP contribution in [-0.2, 0) is 11.2 Å². The molecule has 2 nitrogen and oxygen atoms in total. The minimum absolute atomic E-state index is 0.676. The van der Waals surface area contributed by atoms with E-state index in [1.54, 1.807) is 6.26 Å². The molecule has 0 fully saturated rings. The fraction of sp³-hybridized carbons (Fsp3) is 0.250. The van der Waals surface area contributed by atoms with E-state index in [1.807, 2.05) is 12.1 Å². The molecule has 0 aliphatic carbocycles. The van der Waals surface area contributed by atoms with Crippen LogP contribution in [0.3, 0.4) is 0 Å². The van der Waals surface area contributed by atoms with Gasteiger partial charge in [0.05, 0.1) is 13.4 Å². The van der Waals surface area contributed by atoms with Crippen molar-refractivity contribution in [2.45, 2.75) is 12.8 Å². The van der Waals surface area contributed by atoms with E-state index in [0.29, 0.717) is 6.61 Å². The Morgan fingerprint density at radius 3 is 3.00 bits per heavy atom. The van der Waals surface area contributed by atoms with Crippen molar-refractivity contribution in [3.8, 4) is 0 Å². The zero-order valence-corrected chi connectivity index (χ0v) is 8.03. The zero-order chi connectivity index (χ0) is 9.80. The van der Waals surface area contributed by atoms with Crippen LogP contribution in [-0.4, -0.2) is 6.61 Å². The minimum Gasteiger partial charge on any atom is -0.468 e. The van der Waals surface area contributed by atoms with Gasteiger partial charge in [-0.2, -0.15) is 0 Å². The van der Waals surface area contributed by atoms with E-state index < -0.39 is 0 Å². The molecule has 73 valence electrons. The van der Waals surface area contributed by atoms with Gasteiger partial charge in [-0.1, -0.05) is 24.3 Å². The molecule has 0 amide bonds. The van der Waals surface area contributed by atoms with E-state index in [4.69, 9.17) is 9.15 Å². The molecule has 1 heterocycles. The van der Waals surface area contributed by atoms with Crippen LogP contribution in [0.5, 0.6) is 0 Å². The summed E-state index contributed by atoms with van der Waals surface area (Å²) in [6.07, 6.45) is 3.65. The maximum absolute atomic E-state index is 5.49. The molecule has 2 rings (SSSR count). The molecule has 0 aliphatic heterocycles. The Balaban J connectivity index is 2.17. The van der Waals surface area contributed by atoms with Gasteiger partial charge < -0.3 is 9.15 Å². The molecular formula is C12H13O2. The second-order valence-corrected chi connectivity index (χ2v) is 3.26. The summed E-state index contributed by atoms with van der Waals surface area (Å²) in [5, 5.41) is 2.37. The van der Waals surface area contributed by atoms with Crippen molar-refractivity contribution in [1.29, 1.82) is 0 Å². The fourth-order valence-electron chi connectivity index (χ4n) is 1.58. The zero-order valence-electron chi connectivity index (χ0n) is 8.03. The van der Waals surface area contributed by atoms with E-state index in [-0.39, 0.29) is 0 Å². The SMILES string of the molecule is [CH2]OCCCc1occ2ccccc12. The Morgan fingerprint density at radius 2 is 2.14 bits per heavy atom. The molecule has 1 aromatic heterocycles. The summed E-state index contributed by atoms with van der Waals surface area (Å²) >= 11 is 0. The van der Waals surface area contributed by atoms with Crippen LogP contribution < -0.4 is 0 Å². The Morgan fingerprint density at radius 1 is 1.29 bits per heavy atom. The molecule has 0 spiro atoms. The summed E-state index contributed by atoms with van der Waals surface area (Å²) in [4.78, 5) is 0. The third kappa shape index (κ3) is 1.80. The van der Waals surface area contributed by atoms with Crippen LogP contribution in [0.1, 0.15) is 12.2 Å². The lowest BCUT2D eigenvalue weighted by atomic mass is 10.1. The highest BCUT2D eigenvalue weighted by Crippen LogP contribution is 2.21. The molecule has 0 atom stereocenters. The molecule has 0 N–H and O–H groups in total. The molecule has 0 aliphatic rings. The van der Waals surface area contributed by atoms with Gasteiger partial charge in [0.2, 0.25) is 0 Å². The molecule has 1 aromatic carbocycles. The molecular weight excluding hydrogens is 176 g/mol. The Labute approximate surface area is 83.5 Å². The van der Waals surface area contributed by atoms with Crippen molar-refractivity contribution in [2.24, 2.45) is 0 Å². The van der Waals surface area contributed by atoms with Gasteiger partial charge in [-0.3, -0.25) is 0 Å². The molecule has 14 heavy (non-hydrogen) atoms. The third-order valence-electron chi connectivity index (χ3n) is 2.28. The first-order chi connectivity index (χ1) is 6.92. The average molecular weight is 189 g/mol. The fourth-order valence-corrected chi connectivity index (χ4v) is 1.58. The van der Waals surface area contributed by atoms with Crippen molar-refractivity contribution in [2.75, 3.05) is 6.61 Å². The van der Waals surface area contributed by atoms with E-state index >= 15 is 0 Å². The number of ether oxygens (including phenoxy) is 1. The van der Waals surface area contributed by atoms with Gasteiger partial charge in [0.1, 0.15) is 5.76 Å². The molecule has 0 saturated carbocycles. The molecule has 0 saturated heterocycles. The monoisotopic (exact) mass is 189 g/mol. The van der Waals surface area contributed by atoms with Crippen LogP contribution in [0, 0.1) is 7.11 Å². The van der Waals surface area contributed by atoms with Gasteiger partial charge in [-0.05, 0) is 6.42 Å². The average Bonchev–Trinajstić information content (AvgIpc) is 2.63. The smallest absolute Gasteiger partial charge is 0.111 e. The lowest BCUT2D eigenvalue weighted by Crippen LogP contribution is -1.90. The number of hydrogen-bond donors (Lipinski definition) is 0. The predicted molar refractivity (Wildman–Crippen MR) is 55.8 cm³/mol. The number of fused-ring (bicyclic) bond motifs is 1. The van der Waals surface area contributed by atoms with Crippen LogP contribution in [0.15, 0.2) is 34.9 Å². The number of hydrogen-bond acceptors (Lipinski definition) is 2. The quantitative estimate of drug-likeness (QED) is 0.689. The van der Waals surface area contributed by atoms with Gasteiger partial charge in [-0.25, -0.2) is 0 Å². The molecule has 1 radical (unpaired) electrons. The summed E-state index contributed by atoms with van der Waals surface area (Å²) in [5.41, 5.74) is 0. The largest absolute Gasteiger partial charge is 0.468 e. The van der Waals surface area contributed by atoms with E-state index in [9.17, 15) is 0 Å². The number of aryl methyl sites for hydroxylation is 1. The van der Waals surface area contributed by atoms with Crippen LogP contribution >= 0.6 is 0 Å². The summed E-state index contributed by atoms with van der Waals surface area (Å²) in [6, 6.07) is 8.18. The summed E-state index contributed by atoms with van der Waals surface area (Å²) in [5.74, 6) is 1.04. The highest BCUT2D eigenvalue weighted by Gasteiger charge is 2.04. The van der Waals surface area contributed by atoms with E-state index in [2.05, 4.69) is 19.2 Å². The van der Waals surface area contributed by atoms with Crippen molar-refractivity contribution >= 4 is 10.8 Å². The highest BCUT2D eigenvalue weighted by atomic mass is 16.5. The van der Waals surface area contributed by atoms with Gasteiger partial charge in [-0.15, -0.1) is 0 Å². The molecule has 2 aromatic rings. The van der Waals surface area contributed by atoms with Crippen LogP contribution in [0.4, 0.5) is 0 Å². The van der Waals surface area contributed by atoms with Crippen LogP contribution in [0.2, 0.25) is 0 Å². The van der Waals surface area contributed by atoms with Crippen molar-refractivity contribution < 1.29 is 9.15 Å². The number of furan rings is 1. The normalized spacial score (nSPS) is 10.9. The Kier molecular flexibility index (Phi) is 2.84. The predicted octanol–water partition coefficient (Wildman–Crippen LogP) is 3.17. The second-order valence-electron chi connectivity index (χ2n) is 3.26. The standard InChI is InChI=1S/C12H13O2/c1-13-8-4-7-12-11-6-3-2-5-10(11)9-14-12/h2-3,5-6,9H,1,4,7-8H2. The van der Waals surface area contributed by atoms with Gasteiger partial charge in [0.15, 0.2) is 0 Å².